The van der Waals surface area contributed by atoms with Crippen LogP contribution in [0.4, 0.5) is 55.6 Å². The minimum Gasteiger partial charge on any atom is -0.368 e. The Labute approximate surface area is 331 Å². The molecule has 2 aromatic carbocycles. The van der Waals surface area contributed by atoms with Crippen molar-refractivity contribution in [2.75, 3.05) is 45.0 Å². The fourth-order valence-corrected chi connectivity index (χ4v) is 4.73. The molecule has 10 N–H and O–H groups in total. The van der Waals surface area contributed by atoms with Gasteiger partial charge < -0.3 is 43.4 Å². The van der Waals surface area contributed by atoms with Crippen molar-refractivity contribution >= 4 is 71.0 Å². The highest BCUT2D eigenvalue weighted by Gasteiger charge is 2.13. The van der Waals surface area contributed by atoms with E-state index in [0.717, 1.165) is 11.1 Å². The highest BCUT2D eigenvalue weighted by Crippen LogP contribution is 2.23. The number of rotatable bonds is 16. The Hall–Kier alpha value is -7.35. The number of nitrogens with zero attached hydrogens (tertiary/aromatic N) is 8. The molecular weight excluding hydrogens is 762 g/mol. The number of nitrogens with one attached hydrogen (secondary N) is 6. The first-order valence-corrected chi connectivity index (χ1v) is 16.9. The summed E-state index contributed by atoms with van der Waals surface area (Å²) in [7, 11) is 0. The Morgan fingerprint density at radius 3 is 1.28 bits per heavy atom. The molecule has 0 bridgehead atoms. The van der Waals surface area contributed by atoms with Gasteiger partial charge in [-0.1, -0.05) is 24.3 Å². The van der Waals surface area contributed by atoms with Crippen LogP contribution >= 0.6 is 12.4 Å². The monoisotopic (exact) mass is 800 g/mol. The van der Waals surface area contributed by atoms with Crippen molar-refractivity contribution in [2.45, 2.75) is 25.9 Å². The van der Waals surface area contributed by atoms with E-state index in [0.29, 0.717) is 46.8 Å². The summed E-state index contributed by atoms with van der Waals surface area (Å²) in [5, 5.41) is 18.0. The summed E-state index contributed by atoms with van der Waals surface area (Å²) in [5.74, 6) is 1.64. The number of benzene rings is 2. The molecule has 2 atom stereocenters. The molecule has 2 amide bonds. The van der Waals surface area contributed by atoms with E-state index in [1.807, 2.05) is 13.8 Å². The van der Waals surface area contributed by atoms with E-state index in [-0.39, 0.29) is 49.2 Å². The highest BCUT2D eigenvalue weighted by atomic mass is 35.5. The zero-order valence-electron chi connectivity index (χ0n) is 30.5. The molecule has 6 aromatic rings. The predicted molar refractivity (Wildman–Crippen MR) is 214 cm³/mol. The van der Waals surface area contributed by atoms with Crippen LogP contribution in [0.3, 0.4) is 0 Å². The third-order valence-corrected chi connectivity index (χ3v) is 7.41. The van der Waals surface area contributed by atoms with Crippen LogP contribution in [0.5, 0.6) is 0 Å². The molecular formula is C36H39ClF2N16O2. The van der Waals surface area contributed by atoms with Gasteiger partial charge in [0.1, 0.15) is 46.5 Å². The van der Waals surface area contributed by atoms with Crippen molar-refractivity contribution < 1.29 is 18.4 Å². The molecule has 0 spiro atoms. The summed E-state index contributed by atoms with van der Waals surface area (Å²) in [6, 6.07) is 15.1. The Kier molecular flexibility index (Phi) is 15.6. The van der Waals surface area contributed by atoms with Gasteiger partial charge in [0.05, 0.1) is 37.6 Å². The van der Waals surface area contributed by atoms with Crippen LogP contribution in [-0.2, 0) is 9.59 Å². The molecule has 57 heavy (non-hydrogen) atoms. The van der Waals surface area contributed by atoms with Crippen LogP contribution in [-0.4, -0.2) is 64.8 Å². The number of halogens is 3. The van der Waals surface area contributed by atoms with E-state index in [9.17, 15) is 18.4 Å². The minimum absolute atomic E-state index is 0. The van der Waals surface area contributed by atoms with Gasteiger partial charge >= 0.3 is 0 Å². The van der Waals surface area contributed by atoms with Crippen molar-refractivity contribution in [2.24, 2.45) is 11.5 Å². The van der Waals surface area contributed by atoms with Crippen LogP contribution in [0.2, 0.25) is 0 Å². The standard InChI is InChI=1S/2C18H19FN8O.ClH/c2*1-11(12-2-4-13(19)5-3-12)24-18-26-15(23-9-14(20)28)8-16(27-18)25-17-10-21-6-7-22-17;/h2*2-8,10-11H,9H2,1H3,(H2,20,28)(H3,22,23,24,25,26,27);1H/t2*11-;/m00./s1. The van der Waals surface area contributed by atoms with Crippen LogP contribution in [0.15, 0.2) is 97.8 Å². The fraction of sp³-hybridized carbons (Fsp3) is 0.167. The second-order valence-electron chi connectivity index (χ2n) is 11.8. The lowest BCUT2D eigenvalue weighted by Gasteiger charge is -2.16. The van der Waals surface area contributed by atoms with Gasteiger partial charge in [-0.3, -0.25) is 19.6 Å². The molecule has 0 unspecified atom stereocenters. The van der Waals surface area contributed by atoms with Gasteiger partial charge in [-0.2, -0.15) is 19.9 Å². The van der Waals surface area contributed by atoms with Gasteiger partial charge in [0.15, 0.2) is 0 Å². The molecule has 4 heterocycles. The number of amides is 2. The van der Waals surface area contributed by atoms with Crippen LogP contribution < -0.4 is 43.4 Å². The van der Waals surface area contributed by atoms with E-state index in [1.165, 1.54) is 24.3 Å². The maximum atomic E-state index is 13.1. The Balaban J connectivity index is 0.000000248. The molecule has 0 aliphatic carbocycles. The van der Waals surface area contributed by atoms with Crippen LogP contribution in [0.1, 0.15) is 37.1 Å². The summed E-state index contributed by atoms with van der Waals surface area (Å²) in [6.45, 7) is 3.65. The lowest BCUT2D eigenvalue weighted by atomic mass is 10.1. The second kappa shape index (κ2) is 20.9. The normalized spacial score (nSPS) is 11.3. The van der Waals surface area contributed by atoms with Crippen molar-refractivity contribution in [3.05, 3.63) is 121 Å². The molecule has 0 saturated carbocycles. The van der Waals surface area contributed by atoms with Gasteiger partial charge in [0.2, 0.25) is 23.7 Å². The maximum Gasteiger partial charge on any atom is 0.236 e. The molecule has 0 radical (unpaired) electrons. The smallest absolute Gasteiger partial charge is 0.236 e. The number of hydrogen-bond donors (Lipinski definition) is 8. The highest BCUT2D eigenvalue weighted by molar-refractivity contribution is 5.85. The third kappa shape index (κ3) is 14.1. The van der Waals surface area contributed by atoms with E-state index in [4.69, 9.17) is 11.5 Å². The molecule has 296 valence electrons. The molecule has 0 fully saturated rings. The summed E-state index contributed by atoms with van der Waals surface area (Å²) in [6.07, 6.45) is 9.31. The first kappa shape index (κ1) is 42.4. The largest absolute Gasteiger partial charge is 0.368 e. The zero-order chi connectivity index (χ0) is 39.9. The van der Waals surface area contributed by atoms with E-state index in [1.54, 1.807) is 73.6 Å². The van der Waals surface area contributed by atoms with E-state index < -0.39 is 11.8 Å². The molecule has 0 saturated heterocycles. The molecule has 4 aromatic heterocycles. The SMILES string of the molecule is C[C@H](Nc1nc(NCC(N)=O)cc(Nc2cnccn2)n1)c1ccc(F)cc1.C[C@H](Nc1nc(NCC(N)=O)cc(Nc2cnccn2)n1)c1ccc(F)cc1.Cl. The molecule has 18 nitrogen and oxygen atoms in total. The third-order valence-electron chi connectivity index (χ3n) is 7.41. The summed E-state index contributed by atoms with van der Waals surface area (Å²) >= 11 is 0. The first-order valence-electron chi connectivity index (χ1n) is 16.9. The first-order chi connectivity index (χ1) is 27.0. The number of nitrogens with two attached hydrogens (primary N) is 2. The molecule has 0 aliphatic rings. The number of aromatic nitrogens is 8. The zero-order valence-corrected chi connectivity index (χ0v) is 31.3. The summed E-state index contributed by atoms with van der Waals surface area (Å²) in [5.41, 5.74) is 12.1. The minimum atomic E-state index is -0.517. The number of carbonyl (C=O) groups is 2. The topological polar surface area (TPSA) is 261 Å². The predicted octanol–water partition coefficient (Wildman–Crippen LogP) is 4.86. The fourth-order valence-electron chi connectivity index (χ4n) is 4.73. The molecule has 6 rings (SSSR count). The van der Waals surface area contributed by atoms with Gasteiger partial charge in [-0.05, 0) is 49.2 Å². The Morgan fingerprint density at radius 1 is 0.579 bits per heavy atom. The lowest BCUT2D eigenvalue weighted by molar-refractivity contribution is -0.117. The van der Waals surface area contributed by atoms with Crippen molar-refractivity contribution in [1.82, 2.24) is 39.9 Å². The van der Waals surface area contributed by atoms with E-state index in [2.05, 4.69) is 71.8 Å². The van der Waals surface area contributed by atoms with Gasteiger partial charge in [0.25, 0.3) is 0 Å². The number of anilines is 8. The van der Waals surface area contributed by atoms with E-state index >= 15 is 0 Å². The number of primary amides is 2. The second-order valence-corrected chi connectivity index (χ2v) is 11.8. The lowest BCUT2D eigenvalue weighted by Crippen LogP contribution is -2.22. The summed E-state index contributed by atoms with van der Waals surface area (Å²) in [4.78, 5) is 55.9. The maximum absolute atomic E-state index is 13.1. The molecule has 0 aliphatic heterocycles. The Bertz CT molecular complexity index is 2040. The van der Waals surface area contributed by atoms with Crippen molar-refractivity contribution in [1.29, 1.82) is 0 Å². The van der Waals surface area contributed by atoms with Crippen molar-refractivity contribution in [3.8, 4) is 0 Å². The average Bonchev–Trinajstić information content (AvgIpc) is 3.18. The van der Waals surface area contributed by atoms with Gasteiger partial charge in [-0.25, -0.2) is 18.7 Å². The quantitative estimate of drug-likeness (QED) is 0.0650. The van der Waals surface area contributed by atoms with Gasteiger partial charge in [-0.15, -0.1) is 12.4 Å². The van der Waals surface area contributed by atoms with Crippen LogP contribution in [0, 0.1) is 11.6 Å². The Morgan fingerprint density at radius 2 is 0.947 bits per heavy atom. The van der Waals surface area contributed by atoms with Crippen molar-refractivity contribution in [3.63, 3.8) is 0 Å². The summed E-state index contributed by atoms with van der Waals surface area (Å²) < 4.78 is 26.3. The number of hydrogen-bond acceptors (Lipinski definition) is 16. The molecule has 21 heteroatoms. The number of carbonyl (C=O) groups excluding carboxylic acids is 2. The van der Waals surface area contributed by atoms with Gasteiger partial charge in [0, 0.05) is 36.9 Å². The average molecular weight is 801 g/mol. The van der Waals surface area contributed by atoms with Crippen LogP contribution in [0.25, 0.3) is 0 Å².